The summed E-state index contributed by atoms with van der Waals surface area (Å²) in [5.74, 6) is -0.349. The van der Waals surface area contributed by atoms with E-state index in [1.54, 1.807) is 25.1 Å². The zero-order chi connectivity index (χ0) is 13.8. The van der Waals surface area contributed by atoms with Crippen LogP contribution in [0.3, 0.4) is 0 Å². The summed E-state index contributed by atoms with van der Waals surface area (Å²) in [6.07, 6.45) is 0. The number of carbonyl (C=O) groups excluding carboxylic acids is 1. The fourth-order valence-electron chi connectivity index (χ4n) is 1.48. The summed E-state index contributed by atoms with van der Waals surface area (Å²) < 4.78 is 0. The van der Waals surface area contributed by atoms with Crippen molar-refractivity contribution < 1.29 is 4.79 Å². The van der Waals surface area contributed by atoms with E-state index in [1.807, 2.05) is 19.1 Å². The normalized spacial score (nSPS) is 11.4. The van der Waals surface area contributed by atoms with E-state index in [0.29, 0.717) is 16.4 Å². The lowest BCUT2D eigenvalue weighted by molar-refractivity contribution is 0.0950. The number of H-pyrrole nitrogens is 1. The first-order valence-corrected chi connectivity index (χ1v) is 6.06. The molecule has 0 aliphatic rings. The lowest BCUT2D eigenvalue weighted by Crippen LogP contribution is -2.19. The molecule has 0 spiro atoms. The van der Waals surface area contributed by atoms with Gasteiger partial charge in [0.2, 0.25) is 0 Å². The summed E-state index contributed by atoms with van der Waals surface area (Å²) in [6.45, 7) is 3.63. The van der Waals surface area contributed by atoms with Crippen molar-refractivity contribution in [3.8, 4) is 0 Å². The van der Waals surface area contributed by atoms with Crippen molar-refractivity contribution in [3.63, 3.8) is 0 Å². The molecule has 0 fully saturated rings. The van der Waals surface area contributed by atoms with Crippen LogP contribution in [0.1, 0.15) is 28.7 Å². The number of hydrogen-bond donors (Lipinski definition) is 2. The second-order valence-corrected chi connectivity index (χ2v) is 4.52. The maximum absolute atomic E-state index is 11.7. The lowest BCUT2D eigenvalue weighted by Gasteiger charge is -2.01. The van der Waals surface area contributed by atoms with E-state index >= 15 is 0 Å². The monoisotopic (exact) mass is 276 g/mol. The number of hydrogen-bond acceptors (Lipinski definition) is 3. The Bertz CT molecular complexity index is 616. The van der Waals surface area contributed by atoms with Crippen LogP contribution in [0.2, 0.25) is 5.02 Å². The van der Waals surface area contributed by atoms with Crippen LogP contribution < -0.4 is 5.43 Å². The van der Waals surface area contributed by atoms with E-state index in [1.165, 1.54) is 0 Å². The predicted molar refractivity (Wildman–Crippen MR) is 74.5 cm³/mol. The van der Waals surface area contributed by atoms with Crippen molar-refractivity contribution >= 4 is 23.2 Å². The van der Waals surface area contributed by atoms with Gasteiger partial charge in [0.15, 0.2) is 5.69 Å². The Balaban J connectivity index is 2.06. The molecule has 6 heteroatoms. The van der Waals surface area contributed by atoms with E-state index in [2.05, 4.69) is 20.7 Å². The molecule has 2 rings (SSSR count). The summed E-state index contributed by atoms with van der Waals surface area (Å²) in [5, 5.41) is 11.2. The molecule has 2 N–H and O–H groups in total. The van der Waals surface area contributed by atoms with Gasteiger partial charge in [-0.15, -0.1) is 0 Å². The third kappa shape index (κ3) is 3.42. The van der Waals surface area contributed by atoms with E-state index in [-0.39, 0.29) is 5.91 Å². The fourth-order valence-corrected chi connectivity index (χ4v) is 1.61. The van der Waals surface area contributed by atoms with Crippen molar-refractivity contribution in [1.29, 1.82) is 0 Å². The van der Waals surface area contributed by atoms with Gasteiger partial charge in [-0.05, 0) is 37.6 Å². The first-order chi connectivity index (χ1) is 9.06. The number of hydrazone groups is 1. The number of aromatic amines is 1. The van der Waals surface area contributed by atoms with Gasteiger partial charge in [-0.3, -0.25) is 9.89 Å². The van der Waals surface area contributed by atoms with Crippen LogP contribution in [-0.4, -0.2) is 21.8 Å². The van der Waals surface area contributed by atoms with Gasteiger partial charge in [0, 0.05) is 10.7 Å². The minimum Gasteiger partial charge on any atom is -0.282 e. The molecular weight excluding hydrogens is 264 g/mol. The van der Waals surface area contributed by atoms with Gasteiger partial charge in [0.25, 0.3) is 5.91 Å². The van der Waals surface area contributed by atoms with Gasteiger partial charge in [-0.2, -0.15) is 10.2 Å². The second kappa shape index (κ2) is 5.67. The number of benzene rings is 1. The molecule has 0 aliphatic heterocycles. The Kier molecular flexibility index (Phi) is 3.97. The molecule has 1 aromatic carbocycles. The Labute approximate surface area is 115 Å². The quantitative estimate of drug-likeness (QED) is 0.668. The van der Waals surface area contributed by atoms with Crippen LogP contribution in [0, 0.1) is 6.92 Å². The summed E-state index contributed by atoms with van der Waals surface area (Å²) in [4.78, 5) is 11.7. The molecular formula is C13H13ClN4O. The Morgan fingerprint density at radius 3 is 2.63 bits per heavy atom. The van der Waals surface area contributed by atoms with Gasteiger partial charge in [-0.1, -0.05) is 23.7 Å². The molecule has 5 nitrogen and oxygen atoms in total. The highest BCUT2D eigenvalue weighted by atomic mass is 35.5. The molecule has 1 amide bonds. The molecule has 0 radical (unpaired) electrons. The minimum atomic E-state index is -0.349. The van der Waals surface area contributed by atoms with E-state index in [0.717, 1.165) is 11.3 Å². The molecule has 0 atom stereocenters. The number of nitrogens with zero attached hydrogens (tertiary/aromatic N) is 2. The zero-order valence-electron chi connectivity index (χ0n) is 10.6. The number of nitrogens with one attached hydrogen (secondary N) is 2. The van der Waals surface area contributed by atoms with Crippen molar-refractivity contribution in [3.05, 3.63) is 52.3 Å². The largest absolute Gasteiger partial charge is 0.291 e. The van der Waals surface area contributed by atoms with Gasteiger partial charge in [0.05, 0.1) is 5.71 Å². The summed E-state index contributed by atoms with van der Waals surface area (Å²) in [5.41, 5.74) is 5.18. The van der Waals surface area contributed by atoms with E-state index < -0.39 is 0 Å². The molecule has 0 unspecified atom stereocenters. The van der Waals surface area contributed by atoms with Gasteiger partial charge >= 0.3 is 0 Å². The lowest BCUT2D eigenvalue weighted by atomic mass is 10.1. The third-order valence-corrected chi connectivity index (χ3v) is 2.78. The number of carbonyl (C=O) groups is 1. The molecule has 19 heavy (non-hydrogen) atoms. The maximum atomic E-state index is 11.7. The van der Waals surface area contributed by atoms with Crippen LogP contribution in [0.15, 0.2) is 35.4 Å². The highest BCUT2D eigenvalue weighted by molar-refractivity contribution is 6.30. The minimum absolute atomic E-state index is 0.310. The smallest absolute Gasteiger partial charge is 0.282 e. The molecule has 1 heterocycles. The predicted octanol–water partition coefficient (Wildman–Crippen LogP) is 2.53. The SMILES string of the molecule is C/C(=N\NC(=O)c1cc(C)[nH]n1)c1ccc(Cl)cc1. The maximum Gasteiger partial charge on any atom is 0.291 e. The van der Waals surface area contributed by atoms with Gasteiger partial charge in [0.1, 0.15) is 0 Å². The van der Waals surface area contributed by atoms with E-state index in [4.69, 9.17) is 11.6 Å². The number of aryl methyl sites for hydroxylation is 1. The Hall–Kier alpha value is -2.14. The van der Waals surface area contributed by atoms with Crippen LogP contribution in [0.5, 0.6) is 0 Å². The third-order valence-electron chi connectivity index (χ3n) is 2.53. The first kappa shape index (κ1) is 13.3. The van der Waals surface area contributed by atoms with Crippen molar-refractivity contribution in [2.24, 2.45) is 5.10 Å². The zero-order valence-corrected chi connectivity index (χ0v) is 11.3. The highest BCUT2D eigenvalue weighted by Gasteiger charge is 2.08. The van der Waals surface area contributed by atoms with Gasteiger partial charge < -0.3 is 0 Å². The summed E-state index contributed by atoms with van der Waals surface area (Å²) in [7, 11) is 0. The second-order valence-electron chi connectivity index (χ2n) is 4.08. The Morgan fingerprint density at radius 1 is 1.37 bits per heavy atom. The van der Waals surface area contributed by atoms with Crippen molar-refractivity contribution in [2.75, 3.05) is 0 Å². The molecule has 0 bridgehead atoms. The first-order valence-electron chi connectivity index (χ1n) is 5.69. The van der Waals surface area contributed by atoms with Crippen LogP contribution in [0.25, 0.3) is 0 Å². The topological polar surface area (TPSA) is 70.1 Å². The van der Waals surface area contributed by atoms with E-state index in [9.17, 15) is 4.79 Å². The van der Waals surface area contributed by atoms with Crippen LogP contribution in [-0.2, 0) is 0 Å². The highest BCUT2D eigenvalue weighted by Crippen LogP contribution is 2.10. The number of halogens is 1. The standard InChI is InChI=1S/C13H13ClN4O/c1-8-7-12(17-15-8)13(19)18-16-9(2)10-3-5-11(14)6-4-10/h3-7H,1-2H3,(H,15,17)(H,18,19)/b16-9+. The van der Waals surface area contributed by atoms with Crippen LogP contribution >= 0.6 is 11.6 Å². The molecule has 0 saturated carbocycles. The Morgan fingerprint density at radius 2 is 2.05 bits per heavy atom. The molecule has 98 valence electrons. The van der Waals surface area contributed by atoms with Crippen molar-refractivity contribution in [1.82, 2.24) is 15.6 Å². The molecule has 0 aliphatic carbocycles. The number of rotatable bonds is 3. The summed E-state index contributed by atoms with van der Waals surface area (Å²) in [6, 6.07) is 8.88. The number of amides is 1. The van der Waals surface area contributed by atoms with Crippen molar-refractivity contribution in [2.45, 2.75) is 13.8 Å². The summed E-state index contributed by atoms with van der Waals surface area (Å²) >= 11 is 5.80. The molecule has 0 saturated heterocycles. The number of aromatic nitrogens is 2. The molecule has 2 aromatic rings. The van der Waals surface area contributed by atoms with Gasteiger partial charge in [-0.25, -0.2) is 5.43 Å². The fraction of sp³-hybridized carbons (Fsp3) is 0.154. The molecule has 1 aromatic heterocycles. The average molecular weight is 277 g/mol. The van der Waals surface area contributed by atoms with Crippen LogP contribution in [0.4, 0.5) is 0 Å². The average Bonchev–Trinajstić information content (AvgIpc) is 2.83.